The number of hydrogen-bond donors (Lipinski definition) is 4. The SMILES string of the molecule is CCC(C)C(C(CC(=O)N1CCCC1C(OC)C(C)C(=O)NC(Cc1ccccc1)C(=O)O)OC)N(C)C(=O)C(NC(=O)C(C(C)C)[NH+](C)Cc1ccc(OC)cc1)C(C)C. The zero-order chi connectivity index (χ0) is 45.6. The highest BCUT2D eigenvalue weighted by atomic mass is 16.5. The molecule has 4 N–H and O–H groups in total. The topological polar surface area (TPSA) is 168 Å². The minimum absolute atomic E-state index is 0.0126. The Morgan fingerprint density at radius 1 is 0.869 bits per heavy atom. The number of amides is 4. The number of carbonyl (C=O) groups is 5. The summed E-state index contributed by atoms with van der Waals surface area (Å²) in [4.78, 5) is 73.1. The van der Waals surface area contributed by atoms with Crippen LogP contribution in [0.25, 0.3) is 0 Å². The molecule has 0 spiro atoms. The lowest BCUT2D eigenvalue weighted by Gasteiger charge is -2.41. The third-order valence-corrected chi connectivity index (χ3v) is 12.5. The van der Waals surface area contributed by atoms with Crippen LogP contribution in [-0.4, -0.2) is 129 Å². The first-order valence-electron chi connectivity index (χ1n) is 21.8. The van der Waals surface area contributed by atoms with E-state index >= 15 is 0 Å². The number of rotatable bonds is 24. The lowest BCUT2D eigenvalue weighted by atomic mass is 9.89. The summed E-state index contributed by atoms with van der Waals surface area (Å²) in [6.45, 7) is 14.7. The van der Waals surface area contributed by atoms with Crippen molar-refractivity contribution < 1.29 is 48.2 Å². The highest BCUT2D eigenvalue weighted by Gasteiger charge is 2.44. The maximum absolute atomic E-state index is 14.5. The number of likely N-dealkylation sites (N-methyl/N-ethyl adjacent to an activating group) is 2. The summed E-state index contributed by atoms with van der Waals surface area (Å²) in [5.74, 6) is -2.58. The third kappa shape index (κ3) is 13.7. The summed E-state index contributed by atoms with van der Waals surface area (Å²) in [6, 6.07) is 13.6. The summed E-state index contributed by atoms with van der Waals surface area (Å²) in [6.07, 6.45) is 0.725. The fraction of sp³-hybridized carbons (Fsp3) is 0.638. The molecule has 340 valence electrons. The molecule has 2 aromatic rings. The Balaban J connectivity index is 1.78. The smallest absolute Gasteiger partial charge is 0.326 e. The standard InChI is InChI=1S/C47H73N5O9/c1-13-31(6)42(51(9)46(56)40(29(2)3)49-45(55)41(30(4)5)50(8)28-34-21-23-35(59-10)24-22-34)38(60-11)27-39(53)52-25-17-20-37(52)43(61-12)32(7)44(54)48-36(47(57)58)26-33-18-15-14-16-19-33/h14-16,18-19,21-24,29-32,36-38,40-43H,13,17,20,25-28H2,1-12H3,(H,48,54)(H,49,55)(H,57,58)/p+1. The van der Waals surface area contributed by atoms with E-state index in [9.17, 15) is 29.1 Å². The van der Waals surface area contributed by atoms with Gasteiger partial charge in [-0.15, -0.1) is 0 Å². The van der Waals surface area contributed by atoms with Gasteiger partial charge in [-0.2, -0.15) is 0 Å². The highest BCUT2D eigenvalue weighted by molar-refractivity contribution is 5.90. The van der Waals surface area contributed by atoms with E-state index in [-0.39, 0.29) is 48.3 Å². The van der Waals surface area contributed by atoms with Crippen LogP contribution in [0.4, 0.5) is 0 Å². The number of benzene rings is 2. The summed E-state index contributed by atoms with van der Waals surface area (Å²) >= 11 is 0. The number of carbonyl (C=O) groups excluding carboxylic acids is 4. The van der Waals surface area contributed by atoms with Gasteiger partial charge in [-0.3, -0.25) is 19.2 Å². The number of likely N-dealkylation sites (tertiary alicyclic amines) is 1. The Bertz CT molecular complexity index is 1710. The predicted molar refractivity (Wildman–Crippen MR) is 235 cm³/mol. The summed E-state index contributed by atoms with van der Waals surface area (Å²) in [5, 5.41) is 15.7. The van der Waals surface area contributed by atoms with E-state index in [1.54, 1.807) is 38.0 Å². The zero-order valence-corrected chi connectivity index (χ0v) is 38.6. The number of hydrogen-bond acceptors (Lipinski definition) is 8. The van der Waals surface area contributed by atoms with E-state index in [2.05, 4.69) is 10.6 Å². The van der Waals surface area contributed by atoms with E-state index in [0.717, 1.165) is 21.8 Å². The predicted octanol–water partition coefficient (Wildman–Crippen LogP) is 3.61. The van der Waals surface area contributed by atoms with Crippen molar-refractivity contribution in [1.29, 1.82) is 0 Å². The van der Waals surface area contributed by atoms with Crippen LogP contribution in [0.3, 0.4) is 0 Å². The molecule has 1 saturated heterocycles. The molecule has 61 heavy (non-hydrogen) atoms. The molecule has 4 amide bonds. The molecule has 0 aromatic heterocycles. The number of methoxy groups -OCH3 is 3. The van der Waals surface area contributed by atoms with Crippen LogP contribution in [-0.2, 0) is 46.4 Å². The molecule has 1 aliphatic heterocycles. The lowest BCUT2D eigenvalue weighted by molar-refractivity contribution is -0.913. The molecular formula is C47H74N5O9+. The molecule has 1 aliphatic rings. The third-order valence-electron chi connectivity index (χ3n) is 12.5. The zero-order valence-electron chi connectivity index (χ0n) is 38.6. The Labute approximate surface area is 364 Å². The average molecular weight is 853 g/mol. The Morgan fingerprint density at radius 3 is 2.03 bits per heavy atom. The fourth-order valence-corrected chi connectivity index (χ4v) is 8.91. The first kappa shape index (κ1) is 50.8. The number of carboxylic acids is 1. The van der Waals surface area contributed by atoms with Crippen LogP contribution in [0.15, 0.2) is 54.6 Å². The van der Waals surface area contributed by atoms with Gasteiger partial charge in [-0.1, -0.05) is 85.2 Å². The summed E-state index contributed by atoms with van der Waals surface area (Å²) in [7, 11) is 8.38. The molecule has 10 unspecified atom stereocenters. The quantitative estimate of drug-likeness (QED) is 0.123. The Kier molecular flexibility index (Phi) is 20.2. The molecule has 1 heterocycles. The molecule has 0 saturated carbocycles. The second-order valence-electron chi connectivity index (χ2n) is 17.5. The van der Waals surface area contributed by atoms with Crippen molar-refractivity contribution in [3.63, 3.8) is 0 Å². The number of ether oxygens (including phenoxy) is 3. The Hall–Kier alpha value is -4.53. The highest BCUT2D eigenvalue weighted by Crippen LogP contribution is 2.30. The Morgan fingerprint density at radius 2 is 1.51 bits per heavy atom. The first-order valence-corrected chi connectivity index (χ1v) is 21.8. The maximum Gasteiger partial charge on any atom is 0.326 e. The van der Waals surface area contributed by atoms with Crippen LogP contribution in [0.1, 0.15) is 85.3 Å². The fourth-order valence-electron chi connectivity index (χ4n) is 8.91. The van der Waals surface area contributed by atoms with Crippen LogP contribution >= 0.6 is 0 Å². The van der Waals surface area contributed by atoms with Gasteiger partial charge in [0.25, 0.3) is 5.91 Å². The number of quaternary nitrogens is 1. The van der Waals surface area contributed by atoms with E-state index < -0.39 is 60.2 Å². The van der Waals surface area contributed by atoms with Crippen molar-refractivity contribution in [3.8, 4) is 5.75 Å². The van der Waals surface area contributed by atoms with Crippen molar-refractivity contribution in [3.05, 3.63) is 65.7 Å². The molecule has 0 aliphatic carbocycles. The average Bonchev–Trinajstić information content (AvgIpc) is 3.72. The van der Waals surface area contributed by atoms with Gasteiger partial charge >= 0.3 is 5.97 Å². The van der Waals surface area contributed by atoms with Crippen molar-refractivity contribution in [1.82, 2.24) is 20.4 Å². The number of aliphatic carboxylic acids is 1. The molecule has 2 aromatic carbocycles. The van der Waals surface area contributed by atoms with Gasteiger partial charge < -0.3 is 44.7 Å². The van der Waals surface area contributed by atoms with Gasteiger partial charge in [-0.05, 0) is 54.5 Å². The van der Waals surface area contributed by atoms with Gasteiger partial charge in [0.05, 0.1) is 50.8 Å². The van der Waals surface area contributed by atoms with Crippen LogP contribution in [0, 0.1) is 23.7 Å². The molecule has 0 radical (unpaired) electrons. The van der Waals surface area contributed by atoms with Crippen LogP contribution in [0.5, 0.6) is 5.75 Å². The number of carboxylic acid groups (broad SMARTS) is 1. The van der Waals surface area contributed by atoms with Crippen LogP contribution < -0.4 is 20.3 Å². The van der Waals surface area contributed by atoms with E-state index in [4.69, 9.17) is 14.2 Å². The molecule has 0 bridgehead atoms. The lowest BCUT2D eigenvalue weighted by Crippen LogP contribution is -3.14. The molecule has 10 atom stereocenters. The minimum atomic E-state index is -1.14. The van der Waals surface area contributed by atoms with E-state index in [0.29, 0.717) is 32.4 Å². The molecular weight excluding hydrogens is 779 g/mol. The molecule has 1 fully saturated rings. The molecule has 14 heteroatoms. The second kappa shape index (κ2) is 24.2. The summed E-state index contributed by atoms with van der Waals surface area (Å²) in [5.41, 5.74) is 1.84. The van der Waals surface area contributed by atoms with Crippen molar-refractivity contribution >= 4 is 29.6 Å². The van der Waals surface area contributed by atoms with E-state index in [1.165, 1.54) is 7.11 Å². The van der Waals surface area contributed by atoms with Gasteiger partial charge in [0.1, 0.15) is 24.4 Å². The molecule has 3 rings (SSSR count). The summed E-state index contributed by atoms with van der Waals surface area (Å²) < 4.78 is 17.3. The second-order valence-corrected chi connectivity index (χ2v) is 17.5. The van der Waals surface area contributed by atoms with Crippen molar-refractivity contribution in [2.45, 2.75) is 130 Å². The number of nitrogens with one attached hydrogen (secondary N) is 3. The maximum atomic E-state index is 14.5. The van der Waals surface area contributed by atoms with Gasteiger partial charge in [-0.25, -0.2) is 4.79 Å². The van der Waals surface area contributed by atoms with Gasteiger partial charge in [0.15, 0.2) is 6.04 Å². The van der Waals surface area contributed by atoms with Gasteiger partial charge in [0.2, 0.25) is 17.7 Å². The van der Waals surface area contributed by atoms with Crippen molar-refractivity contribution in [2.24, 2.45) is 23.7 Å². The minimum Gasteiger partial charge on any atom is -0.497 e. The van der Waals surface area contributed by atoms with Crippen molar-refractivity contribution in [2.75, 3.05) is 42.0 Å². The monoisotopic (exact) mass is 853 g/mol. The largest absolute Gasteiger partial charge is 0.497 e. The van der Waals surface area contributed by atoms with Gasteiger partial charge in [0, 0.05) is 45.7 Å². The van der Waals surface area contributed by atoms with E-state index in [1.807, 2.05) is 103 Å². The molecule has 14 nitrogen and oxygen atoms in total. The first-order chi connectivity index (χ1) is 28.9. The van der Waals surface area contributed by atoms with Crippen LogP contribution in [0.2, 0.25) is 0 Å². The normalized spacial score (nSPS) is 18.6. The number of nitrogens with zero attached hydrogens (tertiary/aromatic N) is 2.